The Bertz CT molecular complexity index is 7.51. The van der Waals surface area contributed by atoms with E-state index in [1.165, 1.54) is 0 Å². The molecular weight excluding hydrogens is 256 g/mol. The fraction of sp³-hybridized carbons (Fsp3) is 0. The molecule has 43 valence electrons. The first-order valence-corrected chi connectivity index (χ1v) is 0. The summed E-state index contributed by atoms with van der Waals surface area (Å²) < 4.78 is 0. The Balaban J connectivity index is 0. The number of hydrogen-bond acceptors (Lipinski definition) is 0. The third kappa shape index (κ3) is 40.5. The SMILES string of the molecule is [F-].[F-].[F-].[F-].[Li+].[Yb+3]. The van der Waals surface area contributed by atoms with Gasteiger partial charge in [-0.25, -0.2) is 0 Å². The molecule has 6 heavy (non-hydrogen) atoms. The van der Waals surface area contributed by atoms with Crippen molar-refractivity contribution in [2.75, 3.05) is 0 Å². The predicted molar refractivity (Wildman–Crippen MR) is 0 cm³/mol. The molecule has 0 aliphatic carbocycles. The van der Waals surface area contributed by atoms with Gasteiger partial charge in [0.25, 0.3) is 0 Å². The molecule has 0 atom stereocenters. The van der Waals surface area contributed by atoms with E-state index in [9.17, 15) is 0 Å². The Kier molecular flexibility index (Phi) is 1250. The van der Waals surface area contributed by atoms with Crippen LogP contribution in [-0.4, -0.2) is 0 Å². The molecule has 0 saturated carbocycles. The van der Waals surface area contributed by atoms with Gasteiger partial charge in [-0.3, -0.25) is 0 Å². The van der Waals surface area contributed by atoms with Gasteiger partial charge in [-0.15, -0.1) is 0 Å². The van der Waals surface area contributed by atoms with E-state index in [4.69, 9.17) is 0 Å². The molecule has 0 aromatic heterocycles. The van der Waals surface area contributed by atoms with Gasteiger partial charge < -0.3 is 18.8 Å². The largest absolute Gasteiger partial charge is 3.00 e. The van der Waals surface area contributed by atoms with Crippen LogP contribution >= 0.6 is 0 Å². The van der Waals surface area contributed by atoms with E-state index in [1.54, 1.807) is 0 Å². The van der Waals surface area contributed by atoms with Crippen molar-refractivity contribution in [3.63, 3.8) is 0 Å². The standard InChI is InChI=1S/4FH.Li.Yb/h4*1H;;/q;;;;+1;+3/p-4. The quantitative estimate of drug-likeness (QED) is 0.298. The Morgan fingerprint density at radius 1 is 0.500 bits per heavy atom. The summed E-state index contributed by atoms with van der Waals surface area (Å²) in [6, 6.07) is 0. The number of hydrogen-bond donors (Lipinski definition) is 0. The van der Waals surface area contributed by atoms with Gasteiger partial charge in [0, 0.05) is 0 Å². The maximum Gasteiger partial charge on any atom is 3.00 e. The number of halogens is 4. The minimum Gasteiger partial charge on any atom is -1.00 e. The molecule has 1 radical (unpaired) electrons. The van der Waals surface area contributed by atoms with Crippen LogP contribution in [0, 0.1) is 46.9 Å². The molecular formula is F4LiYb. The summed E-state index contributed by atoms with van der Waals surface area (Å²) in [5.74, 6) is 0. The molecule has 0 aliphatic rings. The Morgan fingerprint density at radius 2 is 0.500 bits per heavy atom. The normalized spacial score (nSPS) is 0. The van der Waals surface area contributed by atoms with E-state index in [0.29, 0.717) is 0 Å². The molecule has 0 amide bonds. The molecule has 0 bridgehead atoms. The second kappa shape index (κ2) is 69.0. The Labute approximate surface area is 83.3 Å². The first-order chi connectivity index (χ1) is 0. The van der Waals surface area contributed by atoms with Crippen molar-refractivity contribution in [2.45, 2.75) is 0 Å². The average Bonchev–Trinajstić information content (AvgIpc) is 0. The maximum absolute atomic E-state index is 0. The van der Waals surface area contributed by atoms with Crippen LogP contribution in [0.2, 0.25) is 0 Å². The second-order valence-corrected chi connectivity index (χ2v) is 0. The van der Waals surface area contributed by atoms with Crippen LogP contribution in [0.1, 0.15) is 0 Å². The van der Waals surface area contributed by atoms with Gasteiger partial charge in [-0.05, 0) is 0 Å². The van der Waals surface area contributed by atoms with E-state index < -0.39 is 0 Å². The second-order valence-electron chi connectivity index (χ2n) is 0. The molecule has 0 aromatic rings. The van der Waals surface area contributed by atoms with Gasteiger partial charge in [0.15, 0.2) is 0 Å². The van der Waals surface area contributed by atoms with Crippen molar-refractivity contribution in [3.8, 4) is 0 Å². The molecule has 0 fully saturated rings. The van der Waals surface area contributed by atoms with Gasteiger partial charge in [0.1, 0.15) is 0 Å². The molecule has 0 heterocycles. The third-order valence-electron chi connectivity index (χ3n) is 0. The predicted octanol–water partition coefficient (Wildman–Crippen LogP) is -15.0. The summed E-state index contributed by atoms with van der Waals surface area (Å²) in [4.78, 5) is 0. The van der Waals surface area contributed by atoms with Crippen molar-refractivity contribution in [2.24, 2.45) is 0 Å². The topological polar surface area (TPSA) is 0 Å². The molecule has 0 aromatic carbocycles. The summed E-state index contributed by atoms with van der Waals surface area (Å²) in [6.45, 7) is 0. The summed E-state index contributed by atoms with van der Waals surface area (Å²) in [5, 5.41) is 0. The zero-order chi connectivity index (χ0) is 0. The monoisotopic (exact) mass is 257 g/mol. The minimum atomic E-state index is 0. The van der Waals surface area contributed by atoms with Gasteiger partial charge in [-0.1, -0.05) is 0 Å². The molecule has 0 aliphatic heterocycles. The zero-order valence-electron chi connectivity index (χ0n) is 2.78. The smallest absolute Gasteiger partial charge is 1.00 e. The average molecular weight is 256 g/mol. The van der Waals surface area contributed by atoms with Crippen LogP contribution in [0.3, 0.4) is 0 Å². The minimum absolute atomic E-state index is 0. The van der Waals surface area contributed by atoms with Crippen LogP contribution in [0.25, 0.3) is 0 Å². The van der Waals surface area contributed by atoms with E-state index >= 15 is 0 Å². The molecule has 0 N–H and O–H groups in total. The first-order valence-electron chi connectivity index (χ1n) is 0. The van der Waals surface area contributed by atoms with Crippen LogP contribution in [-0.2, 0) is 0 Å². The van der Waals surface area contributed by atoms with Crippen molar-refractivity contribution < 1.29 is 84.6 Å². The molecule has 0 saturated heterocycles. The third-order valence-corrected chi connectivity index (χ3v) is 0. The van der Waals surface area contributed by atoms with Crippen molar-refractivity contribution in [1.82, 2.24) is 0 Å². The molecule has 0 rings (SSSR count). The Hall–Kier alpha value is 1.84. The van der Waals surface area contributed by atoms with Crippen molar-refractivity contribution >= 4 is 0 Å². The van der Waals surface area contributed by atoms with Gasteiger partial charge >= 0.3 is 65.8 Å². The molecule has 0 nitrogen and oxygen atoms in total. The fourth-order valence-corrected chi connectivity index (χ4v) is 0. The summed E-state index contributed by atoms with van der Waals surface area (Å²) in [7, 11) is 0. The zero-order valence-corrected chi connectivity index (χ0v) is 4.49. The van der Waals surface area contributed by atoms with Crippen LogP contribution in [0.4, 0.5) is 0 Å². The summed E-state index contributed by atoms with van der Waals surface area (Å²) in [6.07, 6.45) is 0. The number of rotatable bonds is 0. The first kappa shape index (κ1) is 109. The van der Waals surface area contributed by atoms with Crippen LogP contribution in [0.15, 0.2) is 0 Å². The fourth-order valence-electron chi connectivity index (χ4n) is 0. The van der Waals surface area contributed by atoms with Crippen molar-refractivity contribution in [3.05, 3.63) is 0 Å². The van der Waals surface area contributed by atoms with Crippen molar-refractivity contribution in [1.29, 1.82) is 0 Å². The van der Waals surface area contributed by atoms with E-state index in [-0.39, 0.29) is 84.6 Å². The van der Waals surface area contributed by atoms with Gasteiger partial charge in [0.2, 0.25) is 0 Å². The van der Waals surface area contributed by atoms with Crippen LogP contribution in [0.5, 0.6) is 0 Å². The summed E-state index contributed by atoms with van der Waals surface area (Å²) >= 11 is 0. The summed E-state index contributed by atoms with van der Waals surface area (Å²) in [5.41, 5.74) is 0. The Morgan fingerprint density at radius 3 is 0.500 bits per heavy atom. The maximum atomic E-state index is 0. The van der Waals surface area contributed by atoms with Gasteiger partial charge in [0.05, 0.1) is 0 Å². The van der Waals surface area contributed by atoms with E-state index in [2.05, 4.69) is 0 Å². The van der Waals surface area contributed by atoms with E-state index in [1.807, 2.05) is 0 Å². The van der Waals surface area contributed by atoms with Gasteiger partial charge in [-0.2, -0.15) is 0 Å². The molecule has 0 spiro atoms. The van der Waals surface area contributed by atoms with Crippen LogP contribution < -0.4 is 37.7 Å². The molecule has 6 heteroatoms. The van der Waals surface area contributed by atoms with E-state index in [0.717, 1.165) is 0 Å². The molecule has 0 unspecified atom stereocenters.